The molecule has 0 fully saturated rings. The Morgan fingerprint density at radius 3 is 2.40 bits per heavy atom. The lowest BCUT2D eigenvalue weighted by Gasteiger charge is -2.25. The van der Waals surface area contributed by atoms with Gasteiger partial charge in [0.15, 0.2) is 11.0 Å². The molecular weight excluding hydrogens is 399 g/mol. The number of rotatable bonds is 8. The Hall–Kier alpha value is -2.67. The fourth-order valence-corrected chi connectivity index (χ4v) is 4.04. The summed E-state index contributed by atoms with van der Waals surface area (Å²) in [6, 6.07) is 16.5. The summed E-state index contributed by atoms with van der Waals surface area (Å²) in [5.74, 6) is 0.716. The Kier molecular flexibility index (Phi) is 7.26. The van der Waals surface area contributed by atoms with Gasteiger partial charge in [0.2, 0.25) is 5.91 Å². The molecule has 0 saturated carbocycles. The van der Waals surface area contributed by atoms with E-state index >= 15 is 0 Å². The largest absolute Gasteiger partial charge is 0.338 e. The Labute approximate surface area is 181 Å². The van der Waals surface area contributed by atoms with Crippen molar-refractivity contribution < 1.29 is 9.18 Å². The zero-order valence-corrected chi connectivity index (χ0v) is 18.6. The van der Waals surface area contributed by atoms with Crippen LogP contribution in [0.1, 0.15) is 32.4 Å². The topological polar surface area (TPSA) is 51.0 Å². The Morgan fingerprint density at radius 2 is 1.73 bits per heavy atom. The van der Waals surface area contributed by atoms with Gasteiger partial charge < -0.3 is 9.47 Å². The van der Waals surface area contributed by atoms with Crippen LogP contribution in [0.5, 0.6) is 0 Å². The van der Waals surface area contributed by atoms with E-state index in [2.05, 4.69) is 24.0 Å². The zero-order chi connectivity index (χ0) is 21.7. The van der Waals surface area contributed by atoms with Crippen molar-refractivity contribution in [2.45, 2.75) is 38.5 Å². The van der Waals surface area contributed by atoms with Crippen molar-refractivity contribution in [2.24, 2.45) is 5.92 Å². The molecule has 158 valence electrons. The highest BCUT2D eigenvalue weighted by Gasteiger charge is 2.21. The summed E-state index contributed by atoms with van der Waals surface area (Å²) in [7, 11) is 1.81. The van der Waals surface area contributed by atoms with E-state index in [1.165, 1.54) is 17.8 Å². The first-order valence-electron chi connectivity index (χ1n) is 10.00. The normalized spacial score (nSPS) is 12.2. The first-order valence-corrected chi connectivity index (χ1v) is 11.0. The number of carbonyl (C=O) groups excluding carboxylic acids is 1. The molecule has 0 saturated heterocycles. The molecule has 1 unspecified atom stereocenters. The maximum atomic E-state index is 14.3. The molecule has 0 aliphatic heterocycles. The zero-order valence-electron chi connectivity index (χ0n) is 17.7. The summed E-state index contributed by atoms with van der Waals surface area (Å²) in [4.78, 5) is 14.5. The molecule has 0 bridgehead atoms. The molecule has 1 amide bonds. The molecule has 0 radical (unpaired) electrons. The monoisotopic (exact) mass is 426 g/mol. The highest BCUT2D eigenvalue weighted by molar-refractivity contribution is 7.99. The molecule has 5 nitrogen and oxygen atoms in total. The minimum absolute atomic E-state index is 0.00268. The van der Waals surface area contributed by atoms with E-state index in [4.69, 9.17) is 0 Å². The number of carbonyl (C=O) groups is 1. The van der Waals surface area contributed by atoms with Gasteiger partial charge >= 0.3 is 0 Å². The van der Waals surface area contributed by atoms with Crippen LogP contribution in [0.3, 0.4) is 0 Å². The van der Waals surface area contributed by atoms with Crippen LogP contribution in [0, 0.1) is 11.7 Å². The van der Waals surface area contributed by atoms with Crippen molar-refractivity contribution in [1.82, 2.24) is 19.7 Å². The Morgan fingerprint density at radius 1 is 1.07 bits per heavy atom. The summed E-state index contributed by atoms with van der Waals surface area (Å²) in [5, 5.41) is 9.11. The molecular formula is C23H27FN4OS. The van der Waals surface area contributed by atoms with Gasteiger partial charge in [-0.2, -0.15) is 0 Å². The van der Waals surface area contributed by atoms with E-state index in [1.54, 1.807) is 23.1 Å². The SMILES string of the molecule is CC(C)Cn1c(SCC(=O)N(C)C(C)c2ccccc2)nnc1-c1ccccc1F. The van der Waals surface area contributed by atoms with Crippen LogP contribution in [0.2, 0.25) is 0 Å². The summed E-state index contributed by atoms with van der Waals surface area (Å²) >= 11 is 1.34. The highest BCUT2D eigenvalue weighted by Crippen LogP contribution is 2.28. The first kappa shape index (κ1) is 22.0. The third-order valence-corrected chi connectivity index (χ3v) is 5.91. The number of benzene rings is 2. The quantitative estimate of drug-likeness (QED) is 0.473. The maximum Gasteiger partial charge on any atom is 0.233 e. The van der Waals surface area contributed by atoms with E-state index in [-0.39, 0.29) is 23.5 Å². The molecule has 0 aliphatic rings. The van der Waals surface area contributed by atoms with E-state index in [9.17, 15) is 9.18 Å². The van der Waals surface area contributed by atoms with Crippen LogP contribution in [0.4, 0.5) is 4.39 Å². The molecule has 0 spiro atoms. The van der Waals surface area contributed by atoms with E-state index < -0.39 is 0 Å². The lowest BCUT2D eigenvalue weighted by atomic mass is 10.1. The minimum Gasteiger partial charge on any atom is -0.338 e. The second-order valence-electron chi connectivity index (χ2n) is 7.67. The van der Waals surface area contributed by atoms with Gasteiger partial charge in [0, 0.05) is 13.6 Å². The molecule has 1 heterocycles. The molecule has 0 N–H and O–H groups in total. The molecule has 2 aromatic carbocycles. The molecule has 3 rings (SSSR count). The number of nitrogens with zero attached hydrogens (tertiary/aromatic N) is 4. The molecule has 1 atom stereocenters. The first-order chi connectivity index (χ1) is 14.4. The molecule has 0 aliphatic carbocycles. The van der Waals surface area contributed by atoms with Crippen LogP contribution in [-0.2, 0) is 11.3 Å². The van der Waals surface area contributed by atoms with Crippen molar-refractivity contribution >= 4 is 17.7 Å². The molecule has 1 aromatic heterocycles. The Bertz CT molecular complexity index is 990. The number of thioether (sulfide) groups is 1. The van der Waals surface area contributed by atoms with E-state index in [0.29, 0.717) is 29.0 Å². The number of hydrogen-bond donors (Lipinski definition) is 0. The van der Waals surface area contributed by atoms with Crippen LogP contribution in [0.15, 0.2) is 59.8 Å². The summed E-state index contributed by atoms with van der Waals surface area (Å²) < 4.78 is 16.2. The lowest BCUT2D eigenvalue weighted by molar-refractivity contribution is -0.128. The van der Waals surface area contributed by atoms with Crippen molar-refractivity contribution in [1.29, 1.82) is 0 Å². The third kappa shape index (κ3) is 5.08. The predicted molar refractivity (Wildman–Crippen MR) is 119 cm³/mol. The summed E-state index contributed by atoms with van der Waals surface area (Å²) in [6.07, 6.45) is 0. The van der Waals surface area contributed by atoms with E-state index in [1.807, 2.05) is 48.9 Å². The van der Waals surface area contributed by atoms with Gasteiger partial charge in [-0.3, -0.25) is 4.79 Å². The average Bonchev–Trinajstić information content (AvgIpc) is 3.13. The number of hydrogen-bond acceptors (Lipinski definition) is 4. The van der Waals surface area contributed by atoms with Crippen molar-refractivity contribution in [3.05, 3.63) is 66.0 Å². The smallest absolute Gasteiger partial charge is 0.233 e. The predicted octanol–water partition coefficient (Wildman–Crippen LogP) is 5.05. The van der Waals surface area contributed by atoms with Crippen LogP contribution in [-0.4, -0.2) is 38.4 Å². The summed E-state index contributed by atoms with van der Waals surface area (Å²) in [5.41, 5.74) is 1.50. The van der Waals surface area contributed by atoms with Gasteiger partial charge in [-0.05, 0) is 30.5 Å². The standard InChI is InChI=1S/C23H27FN4OS/c1-16(2)14-28-22(19-12-8-9-13-20(19)24)25-26-23(28)30-15-21(29)27(4)17(3)18-10-6-5-7-11-18/h5-13,16-17H,14-15H2,1-4H3. The molecule has 3 aromatic rings. The van der Waals surface area contributed by atoms with Gasteiger partial charge in [0.05, 0.1) is 17.4 Å². The van der Waals surface area contributed by atoms with Gasteiger partial charge in [-0.15, -0.1) is 10.2 Å². The fourth-order valence-electron chi connectivity index (χ4n) is 3.17. The molecule has 7 heteroatoms. The van der Waals surface area contributed by atoms with Crippen LogP contribution < -0.4 is 0 Å². The van der Waals surface area contributed by atoms with Gasteiger partial charge in [0.25, 0.3) is 0 Å². The number of halogens is 1. The fraction of sp³-hybridized carbons (Fsp3) is 0.348. The summed E-state index contributed by atoms with van der Waals surface area (Å²) in [6.45, 7) is 6.82. The Balaban J connectivity index is 1.76. The maximum absolute atomic E-state index is 14.3. The van der Waals surface area contributed by atoms with Crippen molar-refractivity contribution in [3.63, 3.8) is 0 Å². The second kappa shape index (κ2) is 9.89. The van der Waals surface area contributed by atoms with E-state index in [0.717, 1.165) is 5.56 Å². The highest BCUT2D eigenvalue weighted by atomic mass is 32.2. The van der Waals surface area contributed by atoms with Crippen molar-refractivity contribution in [3.8, 4) is 11.4 Å². The van der Waals surface area contributed by atoms with Gasteiger partial charge in [-0.1, -0.05) is 68.1 Å². The van der Waals surface area contributed by atoms with Crippen LogP contribution >= 0.6 is 11.8 Å². The number of amides is 1. The minimum atomic E-state index is -0.334. The third-order valence-electron chi connectivity index (χ3n) is 4.96. The lowest BCUT2D eigenvalue weighted by Crippen LogP contribution is -2.31. The average molecular weight is 427 g/mol. The van der Waals surface area contributed by atoms with Gasteiger partial charge in [-0.25, -0.2) is 4.39 Å². The van der Waals surface area contributed by atoms with Gasteiger partial charge in [0.1, 0.15) is 5.82 Å². The van der Waals surface area contributed by atoms with Crippen molar-refractivity contribution in [2.75, 3.05) is 12.8 Å². The number of aromatic nitrogens is 3. The molecule has 30 heavy (non-hydrogen) atoms. The second-order valence-corrected chi connectivity index (χ2v) is 8.61. The van der Waals surface area contributed by atoms with Crippen LogP contribution in [0.25, 0.3) is 11.4 Å².